The molecule has 0 aromatic heterocycles. The highest BCUT2D eigenvalue weighted by Crippen LogP contribution is 2.37. The molecule has 0 radical (unpaired) electrons. The number of hydrogen-bond acceptors (Lipinski definition) is 6. The van der Waals surface area contributed by atoms with E-state index in [1.165, 1.54) is 12.1 Å². The Morgan fingerprint density at radius 2 is 1.48 bits per heavy atom. The van der Waals surface area contributed by atoms with Crippen LogP contribution in [-0.2, 0) is 22.4 Å². The van der Waals surface area contributed by atoms with E-state index in [0.29, 0.717) is 17.5 Å². The van der Waals surface area contributed by atoms with Crippen molar-refractivity contribution in [1.29, 1.82) is 0 Å². The van der Waals surface area contributed by atoms with Crippen LogP contribution in [0.4, 0.5) is 43.4 Å². The molecule has 0 heterocycles. The number of benzene rings is 4. The minimum absolute atomic E-state index is 0.0492. The van der Waals surface area contributed by atoms with Crippen molar-refractivity contribution in [3.63, 3.8) is 0 Å². The average molecular weight is 738 g/mol. The first-order valence-corrected chi connectivity index (χ1v) is 15.5. The molecule has 0 unspecified atom stereocenters. The van der Waals surface area contributed by atoms with Crippen molar-refractivity contribution in [2.45, 2.75) is 37.2 Å². The number of nitrogens with zero attached hydrogens (tertiary/aromatic N) is 1. The molecular weight excluding hydrogens is 715 g/mol. The molecule has 48 heavy (non-hydrogen) atoms. The normalized spacial score (nSPS) is 11.7. The average Bonchev–Trinajstić information content (AvgIpc) is 2.97. The Labute approximate surface area is 279 Å². The van der Waals surface area contributed by atoms with Gasteiger partial charge < -0.3 is 10.1 Å². The lowest BCUT2D eigenvalue weighted by Gasteiger charge is -2.14. The SMILES string of the molecule is CC(C)Oc1cccc(NC(=O)c2ccccc2C(F)(F)F)c1.O=[N+]([O-])c1ccc(NS(=O)(=O)c2ccc(Cl)c(C(F)(F)F)c2)c(Cl)c1. The summed E-state index contributed by atoms with van der Waals surface area (Å²) in [6.07, 6.45) is -9.48. The molecule has 9 nitrogen and oxygen atoms in total. The molecule has 0 fully saturated rings. The Morgan fingerprint density at radius 1 is 0.833 bits per heavy atom. The monoisotopic (exact) mass is 737 g/mol. The highest BCUT2D eigenvalue weighted by Gasteiger charge is 2.35. The van der Waals surface area contributed by atoms with Crippen LogP contribution < -0.4 is 14.8 Å². The van der Waals surface area contributed by atoms with Crippen LogP contribution in [0.3, 0.4) is 0 Å². The number of nitro groups is 1. The van der Waals surface area contributed by atoms with Crippen LogP contribution in [0.5, 0.6) is 5.75 Å². The zero-order valence-corrected chi connectivity index (χ0v) is 26.8. The number of carbonyl (C=O) groups excluding carboxylic acids is 1. The number of nitro benzene ring substituents is 1. The van der Waals surface area contributed by atoms with Crippen LogP contribution in [0, 0.1) is 10.1 Å². The number of non-ortho nitro benzene ring substituents is 1. The summed E-state index contributed by atoms with van der Waals surface area (Å²) in [5, 5.41) is 12.1. The van der Waals surface area contributed by atoms with Crippen molar-refractivity contribution in [3.05, 3.63) is 122 Å². The van der Waals surface area contributed by atoms with Crippen molar-refractivity contribution in [2.24, 2.45) is 0 Å². The van der Waals surface area contributed by atoms with Crippen molar-refractivity contribution in [2.75, 3.05) is 10.0 Å². The maximum atomic E-state index is 13.0. The van der Waals surface area contributed by atoms with E-state index in [4.69, 9.17) is 27.9 Å². The first-order chi connectivity index (χ1) is 22.2. The van der Waals surface area contributed by atoms with Gasteiger partial charge in [-0.1, -0.05) is 41.4 Å². The van der Waals surface area contributed by atoms with E-state index in [1.54, 1.807) is 24.3 Å². The fourth-order valence-corrected chi connectivity index (χ4v) is 5.45. The Bertz CT molecular complexity index is 1920. The quantitative estimate of drug-likeness (QED) is 0.105. The Kier molecular flexibility index (Phi) is 11.9. The number of rotatable bonds is 8. The first kappa shape index (κ1) is 37.9. The van der Waals surface area contributed by atoms with Crippen LogP contribution in [0.1, 0.15) is 35.3 Å². The number of hydrogen-bond donors (Lipinski definition) is 2. The molecule has 4 rings (SSSR count). The molecule has 0 spiro atoms. The van der Waals surface area contributed by atoms with Gasteiger partial charge in [0.1, 0.15) is 5.75 Å². The van der Waals surface area contributed by atoms with E-state index in [2.05, 4.69) is 5.32 Å². The molecule has 2 N–H and O–H groups in total. The summed E-state index contributed by atoms with van der Waals surface area (Å²) in [5.74, 6) is -0.290. The predicted molar refractivity (Wildman–Crippen MR) is 167 cm³/mol. The summed E-state index contributed by atoms with van der Waals surface area (Å²) < 4.78 is 109. The van der Waals surface area contributed by atoms with E-state index in [9.17, 15) is 49.7 Å². The largest absolute Gasteiger partial charge is 0.491 e. The van der Waals surface area contributed by atoms with Crippen molar-refractivity contribution in [1.82, 2.24) is 0 Å². The van der Waals surface area contributed by atoms with Gasteiger partial charge in [-0.05, 0) is 62.4 Å². The summed E-state index contributed by atoms with van der Waals surface area (Å²) in [6.45, 7) is 3.70. The number of ether oxygens (including phenoxy) is 1. The number of anilines is 2. The minimum atomic E-state index is -4.84. The molecule has 4 aromatic rings. The zero-order valence-electron chi connectivity index (χ0n) is 24.5. The lowest BCUT2D eigenvalue weighted by atomic mass is 10.1. The number of alkyl halides is 6. The lowest BCUT2D eigenvalue weighted by Crippen LogP contribution is -2.18. The fraction of sp³-hybridized carbons (Fsp3) is 0.167. The Morgan fingerprint density at radius 3 is 2.06 bits per heavy atom. The summed E-state index contributed by atoms with van der Waals surface area (Å²) in [7, 11) is -4.43. The second kappa shape index (κ2) is 15.1. The highest BCUT2D eigenvalue weighted by molar-refractivity contribution is 7.92. The molecule has 0 aliphatic rings. The molecular formula is C30H23Cl2F6N3O6S. The zero-order chi connectivity index (χ0) is 36.0. The second-order valence-corrected chi connectivity index (χ2v) is 12.4. The molecule has 0 saturated heterocycles. The van der Waals surface area contributed by atoms with Gasteiger partial charge in [0.25, 0.3) is 21.6 Å². The highest BCUT2D eigenvalue weighted by atomic mass is 35.5. The van der Waals surface area contributed by atoms with E-state index in [1.807, 2.05) is 18.6 Å². The van der Waals surface area contributed by atoms with Gasteiger partial charge in [-0.2, -0.15) is 26.3 Å². The van der Waals surface area contributed by atoms with Gasteiger partial charge in [0.2, 0.25) is 0 Å². The van der Waals surface area contributed by atoms with E-state index < -0.39 is 59.8 Å². The van der Waals surface area contributed by atoms with E-state index in [0.717, 1.165) is 42.5 Å². The maximum Gasteiger partial charge on any atom is 0.417 e. The minimum Gasteiger partial charge on any atom is -0.491 e. The van der Waals surface area contributed by atoms with Crippen molar-refractivity contribution in [3.8, 4) is 5.75 Å². The van der Waals surface area contributed by atoms with Crippen LogP contribution in [0.2, 0.25) is 10.0 Å². The molecule has 0 saturated carbocycles. The second-order valence-electron chi connectivity index (χ2n) is 9.86. The summed E-state index contributed by atoms with van der Waals surface area (Å²) >= 11 is 11.2. The standard InChI is InChI=1S/C17H16F3NO2.C13H7Cl2F3N2O4S/c1-11(2)23-13-7-5-6-12(10-13)21-16(22)14-8-3-4-9-15(14)17(18,19)20;14-10-3-2-8(6-9(10)13(16,17)18)25(23,24)19-12-4-1-7(20(21)22)5-11(12)15/h3-11H,1-2H3,(H,21,22);1-6,19H. The number of halogens is 8. The molecule has 0 bridgehead atoms. The van der Waals surface area contributed by atoms with Crippen molar-refractivity contribution >= 4 is 56.2 Å². The molecule has 0 aliphatic carbocycles. The van der Waals surface area contributed by atoms with Crippen LogP contribution in [0.25, 0.3) is 0 Å². The number of sulfonamides is 1. The fourth-order valence-electron chi connectivity index (χ4n) is 3.84. The number of nitrogens with one attached hydrogen (secondary N) is 2. The predicted octanol–water partition coefficient (Wildman–Crippen LogP) is 9.47. The van der Waals surface area contributed by atoms with Crippen LogP contribution >= 0.6 is 23.2 Å². The molecule has 256 valence electrons. The third kappa shape index (κ3) is 10.2. The molecule has 0 aliphatic heterocycles. The van der Waals surface area contributed by atoms with Gasteiger partial charge in [-0.3, -0.25) is 19.6 Å². The van der Waals surface area contributed by atoms with Crippen LogP contribution in [0.15, 0.2) is 89.8 Å². The third-order valence-corrected chi connectivity index (χ3v) is 7.91. The molecule has 4 aromatic carbocycles. The van der Waals surface area contributed by atoms with E-state index >= 15 is 0 Å². The van der Waals surface area contributed by atoms with E-state index in [-0.39, 0.29) is 22.5 Å². The molecule has 0 atom stereocenters. The van der Waals surface area contributed by atoms with Gasteiger partial charge >= 0.3 is 12.4 Å². The topological polar surface area (TPSA) is 128 Å². The number of carbonyl (C=O) groups is 1. The van der Waals surface area contributed by atoms with Gasteiger partial charge in [-0.25, -0.2) is 8.42 Å². The summed E-state index contributed by atoms with van der Waals surface area (Å²) in [5.41, 5.74) is -2.94. The van der Waals surface area contributed by atoms with Gasteiger partial charge in [0, 0.05) is 23.9 Å². The Hall–Kier alpha value is -4.54. The maximum absolute atomic E-state index is 13.0. The summed E-state index contributed by atoms with van der Waals surface area (Å²) in [6, 6.07) is 16.2. The molecule has 1 amide bonds. The summed E-state index contributed by atoms with van der Waals surface area (Å²) in [4.78, 5) is 21.4. The molecule has 18 heteroatoms. The lowest BCUT2D eigenvalue weighted by molar-refractivity contribution is -0.384. The van der Waals surface area contributed by atoms with Crippen LogP contribution in [-0.4, -0.2) is 25.4 Å². The smallest absolute Gasteiger partial charge is 0.417 e. The first-order valence-electron chi connectivity index (χ1n) is 13.3. The third-order valence-electron chi connectivity index (χ3n) is 5.90. The van der Waals surface area contributed by atoms with Gasteiger partial charge in [0.15, 0.2) is 0 Å². The van der Waals surface area contributed by atoms with Gasteiger partial charge in [0.05, 0.1) is 48.3 Å². The van der Waals surface area contributed by atoms with Crippen molar-refractivity contribution < 1.29 is 49.2 Å². The number of amides is 1. The van der Waals surface area contributed by atoms with Gasteiger partial charge in [-0.15, -0.1) is 0 Å². The Balaban J connectivity index is 0.000000261.